The molecule has 10 heteroatoms. The Labute approximate surface area is 175 Å². The molecule has 2 rings (SSSR count). The number of nitrogens with zero attached hydrogens (tertiary/aromatic N) is 2. The number of rotatable bonds is 11. The lowest BCUT2D eigenvalue weighted by Gasteiger charge is -2.14. The van der Waals surface area contributed by atoms with Gasteiger partial charge in [-0.2, -0.15) is 0 Å². The number of thiazole rings is 1. The number of hydrogen-bond acceptors (Lipinski definition) is 7. The summed E-state index contributed by atoms with van der Waals surface area (Å²) in [6.45, 7) is 6.93. The number of sulfonamides is 1. The Bertz CT molecular complexity index is 910. The van der Waals surface area contributed by atoms with Crippen LogP contribution in [0.25, 0.3) is 0 Å². The van der Waals surface area contributed by atoms with Gasteiger partial charge >= 0.3 is 0 Å². The number of ether oxygens (including phenoxy) is 2. The highest BCUT2D eigenvalue weighted by molar-refractivity contribution is 7.91. The number of nitrogens with one attached hydrogen (secondary N) is 1. The minimum Gasteiger partial charge on any atom is -0.494 e. The number of benzene rings is 1. The number of anilines is 1. The molecule has 0 atom stereocenters. The molecule has 0 bridgehead atoms. The quantitative estimate of drug-likeness (QED) is 0.538. The molecular formula is C19H27N3O5S2. The summed E-state index contributed by atoms with van der Waals surface area (Å²) in [5, 5.41) is 0.337. The SMILES string of the molecule is CCOCCNS(=O)(=O)c1sc(N(C)C(=O)Cc2ccc(OCC)cc2)nc1C. The van der Waals surface area contributed by atoms with Gasteiger partial charge in [-0.15, -0.1) is 0 Å². The Kier molecular flexibility index (Phi) is 8.57. The molecule has 1 aromatic heterocycles. The molecule has 1 N–H and O–H groups in total. The summed E-state index contributed by atoms with van der Waals surface area (Å²) in [5.41, 5.74) is 1.19. The average Bonchev–Trinajstić information content (AvgIpc) is 3.09. The predicted molar refractivity (Wildman–Crippen MR) is 113 cm³/mol. The lowest BCUT2D eigenvalue weighted by atomic mass is 10.1. The molecule has 8 nitrogen and oxygen atoms in total. The molecule has 0 radical (unpaired) electrons. The van der Waals surface area contributed by atoms with E-state index in [1.165, 1.54) is 4.90 Å². The smallest absolute Gasteiger partial charge is 0.252 e. The van der Waals surface area contributed by atoms with Crippen molar-refractivity contribution < 1.29 is 22.7 Å². The van der Waals surface area contributed by atoms with E-state index in [0.29, 0.717) is 30.6 Å². The number of aryl methyl sites for hydroxylation is 1. The fourth-order valence-corrected chi connectivity index (χ4v) is 5.03. The zero-order valence-corrected chi connectivity index (χ0v) is 18.7. The number of likely N-dealkylation sites (N-methyl/N-ethyl adjacent to an activating group) is 1. The zero-order valence-electron chi connectivity index (χ0n) is 17.1. The van der Waals surface area contributed by atoms with Gasteiger partial charge in [-0.1, -0.05) is 23.5 Å². The highest BCUT2D eigenvalue weighted by Gasteiger charge is 2.24. The van der Waals surface area contributed by atoms with Crippen molar-refractivity contribution in [3.05, 3.63) is 35.5 Å². The van der Waals surface area contributed by atoms with Crippen LogP contribution in [0.4, 0.5) is 5.13 Å². The molecule has 1 aromatic carbocycles. The Morgan fingerprint density at radius 2 is 1.90 bits per heavy atom. The van der Waals surface area contributed by atoms with Gasteiger partial charge in [0, 0.05) is 20.2 Å². The summed E-state index contributed by atoms with van der Waals surface area (Å²) in [5.74, 6) is 0.565. The second-order valence-corrected chi connectivity index (χ2v) is 9.11. The van der Waals surface area contributed by atoms with Gasteiger partial charge < -0.3 is 9.47 Å². The maximum atomic E-state index is 12.6. The van der Waals surface area contributed by atoms with Crippen molar-refractivity contribution in [2.45, 2.75) is 31.4 Å². The standard InChI is InChI=1S/C19H27N3O5S2/c1-5-26-12-11-20-29(24,25)18-14(3)21-19(28-18)22(4)17(23)13-15-7-9-16(10-8-15)27-6-2/h7-10,20H,5-6,11-13H2,1-4H3. The summed E-state index contributed by atoms with van der Waals surface area (Å²) in [6, 6.07) is 7.31. The van der Waals surface area contributed by atoms with Crippen molar-refractivity contribution in [1.82, 2.24) is 9.71 Å². The molecule has 2 aromatic rings. The van der Waals surface area contributed by atoms with E-state index < -0.39 is 10.0 Å². The van der Waals surface area contributed by atoms with E-state index in [-0.39, 0.29) is 23.1 Å². The summed E-state index contributed by atoms with van der Waals surface area (Å²) in [4.78, 5) is 18.3. The van der Waals surface area contributed by atoms with E-state index in [2.05, 4.69) is 9.71 Å². The third-order valence-corrected chi connectivity index (χ3v) is 7.28. The summed E-state index contributed by atoms with van der Waals surface area (Å²) < 4.78 is 38.1. The van der Waals surface area contributed by atoms with E-state index in [4.69, 9.17) is 9.47 Å². The van der Waals surface area contributed by atoms with Crippen LogP contribution in [0.3, 0.4) is 0 Å². The van der Waals surface area contributed by atoms with Crippen LogP contribution in [0, 0.1) is 6.92 Å². The monoisotopic (exact) mass is 441 g/mol. The van der Waals surface area contributed by atoms with Gasteiger partial charge in [0.15, 0.2) is 9.34 Å². The highest BCUT2D eigenvalue weighted by atomic mass is 32.2. The molecule has 0 spiro atoms. The highest BCUT2D eigenvalue weighted by Crippen LogP contribution is 2.29. The number of aromatic nitrogens is 1. The molecular weight excluding hydrogens is 414 g/mol. The Morgan fingerprint density at radius 1 is 1.21 bits per heavy atom. The Morgan fingerprint density at radius 3 is 2.52 bits per heavy atom. The molecule has 29 heavy (non-hydrogen) atoms. The second-order valence-electron chi connectivity index (χ2n) is 6.17. The summed E-state index contributed by atoms with van der Waals surface area (Å²) in [7, 11) is -2.11. The average molecular weight is 442 g/mol. The summed E-state index contributed by atoms with van der Waals surface area (Å²) in [6.07, 6.45) is 0.177. The normalized spacial score (nSPS) is 11.4. The van der Waals surface area contributed by atoms with E-state index in [1.807, 2.05) is 38.1 Å². The largest absolute Gasteiger partial charge is 0.494 e. The third kappa shape index (κ3) is 6.49. The molecule has 0 unspecified atom stereocenters. The minimum absolute atomic E-state index is 0.102. The second kappa shape index (κ2) is 10.7. The molecule has 0 aliphatic heterocycles. The van der Waals surface area contributed by atoms with Crippen LogP contribution in [-0.4, -0.2) is 52.7 Å². The van der Waals surface area contributed by atoms with Crippen molar-refractivity contribution in [2.24, 2.45) is 0 Å². The molecule has 160 valence electrons. The topological polar surface area (TPSA) is 97.8 Å². The molecule has 0 saturated carbocycles. The number of carbonyl (C=O) groups excluding carboxylic acids is 1. The van der Waals surface area contributed by atoms with Gasteiger partial charge in [0.25, 0.3) is 10.0 Å². The molecule has 0 fully saturated rings. The van der Waals surface area contributed by atoms with Gasteiger partial charge in [0.05, 0.1) is 25.3 Å². The van der Waals surface area contributed by atoms with E-state index >= 15 is 0 Å². The first-order chi connectivity index (χ1) is 13.8. The lowest BCUT2D eigenvalue weighted by molar-refractivity contribution is -0.117. The summed E-state index contributed by atoms with van der Waals surface area (Å²) >= 11 is 0.969. The number of hydrogen-bond donors (Lipinski definition) is 1. The molecule has 0 aliphatic carbocycles. The Hall–Kier alpha value is -2.01. The molecule has 1 heterocycles. The lowest BCUT2D eigenvalue weighted by Crippen LogP contribution is -2.28. The minimum atomic E-state index is -3.70. The maximum absolute atomic E-state index is 12.6. The van der Waals surface area contributed by atoms with E-state index in [9.17, 15) is 13.2 Å². The Balaban J connectivity index is 2.06. The van der Waals surface area contributed by atoms with Gasteiger partial charge in [-0.05, 0) is 38.5 Å². The van der Waals surface area contributed by atoms with Crippen LogP contribution in [0.2, 0.25) is 0 Å². The van der Waals surface area contributed by atoms with Gasteiger partial charge in [-0.25, -0.2) is 18.1 Å². The van der Waals surface area contributed by atoms with Crippen LogP contribution in [0.15, 0.2) is 28.5 Å². The predicted octanol–water partition coefficient (Wildman–Crippen LogP) is 2.37. The first-order valence-corrected chi connectivity index (χ1v) is 11.6. The van der Waals surface area contributed by atoms with Crippen LogP contribution < -0.4 is 14.4 Å². The van der Waals surface area contributed by atoms with Crippen LogP contribution in [-0.2, 0) is 26.0 Å². The van der Waals surface area contributed by atoms with Crippen molar-refractivity contribution in [3.63, 3.8) is 0 Å². The van der Waals surface area contributed by atoms with Gasteiger partial charge in [-0.3, -0.25) is 9.69 Å². The van der Waals surface area contributed by atoms with Crippen LogP contribution in [0.5, 0.6) is 5.75 Å². The van der Waals surface area contributed by atoms with Gasteiger partial charge in [0.1, 0.15) is 5.75 Å². The van der Waals surface area contributed by atoms with Crippen molar-refractivity contribution in [3.8, 4) is 5.75 Å². The molecule has 0 aliphatic rings. The maximum Gasteiger partial charge on any atom is 0.252 e. The molecule has 0 saturated heterocycles. The van der Waals surface area contributed by atoms with Gasteiger partial charge in [0.2, 0.25) is 5.91 Å². The third-order valence-electron chi connectivity index (χ3n) is 3.98. The first kappa shape index (κ1) is 23.3. The van der Waals surface area contributed by atoms with Crippen LogP contribution >= 0.6 is 11.3 Å². The molecule has 1 amide bonds. The van der Waals surface area contributed by atoms with Crippen LogP contribution in [0.1, 0.15) is 25.1 Å². The number of amides is 1. The van der Waals surface area contributed by atoms with Crippen molar-refractivity contribution in [1.29, 1.82) is 0 Å². The van der Waals surface area contributed by atoms with E-state index in [0.717, 1.165) is 22.6 Å². The number of carbonyl (C=O) groups is 1. The fraction of sp³-hybridized carbons (Fsp3) is 0.474. The van der Waals surface area contributed by atoms with E-state index in [1.54, 1.807) is 14.0 Å². The van der Waals surface area contributed by atoms with Crippen molar-refractivity contribution in [2.75, 3.05) is 38.3 Å². The first-order valence-electron chi connectivity index (χ1n) is 9.31. The zero-order chi connectivity index (χ0) is 21.4. The van der Waals surface area contributed by atoms with Crippen molar-refractivity contribution >= 4 is 32.4 Å². The fourth-order valence-electron chi connectivity index (χ4n) is 2.49.